The highest BCUT2D eigenvalue weighted by Crippen LogP contribution is 2.29. The third-order valence-corrected chi connectivity index (χ3v) is 4.54. The maximum atomic E-state index is 12.4. The molecule has 0 spiro atoms. The molecule has 2 fully saturated rings. The van der Waals surface area contributed by atoms with Gasteiger partial charge in [0.15, 0.2) is 0 Å². The van der Waals surface area contributed by atoms with Gasteiger partial charge in [-0.2, -0.15) is 0 Å². The molecule has 130 valence electrons. The summed E-state index contributed by atoms with van der Waals surface area (Å²) in [5.41, 5.74) is -0.335. The first-order chi connectivity index (χ1) is 10.7. The number of hydrogen-bond donors (Lipinski definition) is 2. The van der Waals surface area contributed by atoms with E-state index in [0.717, 1.165) is 25.7 Å². The van der Waals surface area contributed by atoms with Crippen LogP contribution in [0.5, 0.6) is 0 Å². The molecule has 0 aromatic heterocycles. The number of carbonyl (C=O) groups is 3. The molecule has 2 rings (SSSR count). The lowest BCUT2D eigenvalue weighted by Gasteiger charge is -2.25. The normalized spacial score (nSPS) is 23.9. The number of likely N-dealkylation sites (tertiary alicyclic amines) is 1. The molecule has 0 aromatic rings. The molecule has 2 atom stereocenters. The molecule has 0 aromatic carbocycles. The van der Waals surface area contributed by atoms with Crippen molar-refractivity contribution in [1.82, 2.24) is 15.5 Å². The van der Waals surface area contributed by atoms with Crippen LogP contribution in [-0.4, -0.2) is 46.8 Å². The predicted molar refractivity (Wildman–Crippen MR) is 87.6 cm³/mol. The molecule has 23 heavy (non-hydrogen) atoms. The van der Waals surface area contributed by atoms with Crippen LogP contribution in [0.2, 0.25) is 0 Å². The van der Waals surface area contributed by atoms with Gasteiger partial charge < -0.3 is 15.5 Å². The van der Waals surface area contributed by atoms with E-state index in [1.165, 1.54) is 0 Å². The Hall–Kier alpha value is -1.59. The Morgan fingerprint density at radius 2 is 1.83 bits per heavy atom. The number of nitrogens with zero attached hydrogens (tertiary/aromatic N) is 1. The molecule has 1 aliphatic heterocycles. The summed E-state index contributed by atoms with van der Waals surface area (Å²) in [6.07, 6.45) is 4.68. The van der Waals surface area contributed by atoms with Crippen LogP contribution in [0.4, 0.5) is 0 Å². The fraction of sp³-hybridized carbons (Fsp3) is 0.824. The molecule has 2 aliphatic rings. The smallest absolute Gasteiger partial charge is 0.242 e. The zero-order valence-electron chi connectivity index (χ0n) is 14.6. The zero-order valence-corrected chi connectivity index (χ0v) is 14.6. The Bertz CT molecular complexity index is 478. The van der Waals surface area contributed by atoms with Crippen LogP contribution in [0.3, 0.4) is 0 Å². The number of carbonyl (C=O) groups excluding carboxylic acids is 3. The van der Waals surface area contributed by atoms with E-state index in [-0.39, 0.29) is 35.6 Å². The van der Waals surface area contributed by atoms with E-state index in [0.29, 0.717) is 12.6 Å². The fourth-order valence-electron chi connectivity index (χ4n) is 3.35. The van der Waals surface area contributed by atoms with E-state index in [1.807, 2.05) is 25.7 Å². The fourth-order valence-corrected chi connectivity index (χ4v) is 3.35. The van der Waals surface area contributed by atoms with Gasteiger partial charge >= 0.3 is 0 Å². The van der Waals surface area contributed by atoms with Crippen molar-refractivity contribution in [3.05, 3.63) is 0 Å². The molecular weight excluding hydrogens is 294 g/mol. The summed E-state index contributed by atoms with van der Waals surface area (Å²) in [5, 5.41) is 5.59. The highest BCUT2D eigenvalue weighted by molar-refractivity contribution is 5.92. The van der Waals surface area contributed by atoms with Gasteiger partial charge in [-0.05, 0) is 40.5 Å². The maximum Gasteiger partial charge on any atom is 0.242 e. The summed E-state index contributed by atoms with van der Waals surface area (Å²) in [5.74, 6) is -0.671. The summed E-state index contributed by atoms with van der Waals surface area (Å²) >= 11 is 0. The minimum Gasteiger partial charge on any atom is -0.350 e. The van der Waals surface area contributed by atoms with Crippen molar-refractivity contribution in [2.45, 2.75) is 77.4 Å². The molecule has 6 nitrogen and oxygen atoms in total. The van der Waals surface area contributed by atoms with Crippen molar-refractivity contribution in [3.8, 4) is 0 Å². The van der Waals surface area contributed by atoms with Crippen molar-refractivity contribution in [2.75, 3.05) is 6.54 Å². The average Bonchev–Trinajstić information content (AvgIpc) is 3.05. The summed E-state index contributed by atoms with van der Waals surface area (Å²) in [7, 11) is 0. The van der Waals surface area contributed by atoms with Gasteiger partial charge in [-0.15, -0.1) is 0 Å². The van der Waals surface area contributed by atoms with Gasteiger partial charge in [0.2, 0.25) is 17.7 Å². The molecule has 2 N–H and O–H groups in total. The molecule has 1 saturated carbocycles. The summed E-state index contributed by atoms with van der Waals surface area (Å²) in [4.78, 5) is 38.4. The minimum atomic E-state index is -0.600. The van der Waals surface area contributed by atoms with Crippen LogP contribution in [-0.2, 0) is 14.4 Å². The van der Waals surface area contributed by atoms with E-state index < -0.39 is 6.04 Å². The first-order valence-corrected chi connectivity index (χ1v) is 8.59. The van der Waals surface area contributed by atoms with E-state index in [1.54, 1.807) is 6.92 Å². The molecule has 0 bridgehead atoms. The second kappa shape index (κ2) is 6.89. The summed E-state index contributed by atoms with van der Waals surface area (Å²) in [6, 6.07) is -0.292. The quantitative estimate of drug-likeness (QED) is 0.816. The Labute approximate surface area is 138 Å². The average molecular weight is 323 g/mol. The van der Waals surface area contributed by atoms with Gasteiger partial charge in [0, 0.05) is 24.5 Å². The maximum absolute atomic E-state index is 12.4. The Morgan fingerprint density at radius 3 is 2.39 bits per heavy atom. The van der Waals surface area contributed by atoms with E-state index in [9.17, 15) is 14.4 Å². The number of nitrogens with one attached hydrogen (secondary N) is 2. The highest BCUT2D eigenvalue weighted by atomic mass is 16.2. The Kier molecular flexibility index (Phi) is 5.32. The monoisotopic (exact) mass is 323 g/mol. The van der Waals surface area contributed by atoms with Crippen LogP contribution in [0.25, 0.3) is 0 Å². The van der Waals surface area contributed by atoms with E-state index >= 15 is 0 Å². The van der Waals surface area contributed by atoms with Crippen LogP contribution in [0.15, 0.2) is 0 Å². The minimum absolute atomic E-state index is 0.0730. The van der Waals surface area contributed by atoms with Gasteiger partial charge in [-0.1, -0.05) is 12.8 Å². The number of rotatable bonds is 4. The van der Waals surface area contributed by atoms with E-state index in [4.69, 9.17) is 0 Å². The van der Waals surface area contributed by atoms with E-state index in [2.05, 4.69) is 10.6 Å². The number of hydrogen-bond acceptors (Lipinski definition) is 3. The second-order valence-electron chi connectivity index (χ2n) is 7.85. The molecule has 3 amide bonds. The van der Waals surface area contributed by atoms with Crippen molar-refractivity contribution < 1.29 is 14.4 Å². The van der Waals surface area contributed by atoms with Gasteiger partial charge in [-0.3, -0.25) is 14.4 Å². The molecule has 0 unspecified atom stereocenters. The number of amides is 3. The van der Waals surface area contributed by atoms with Crippen molar-refractivity contribution >= 4 is 17.7 Å². The third-order valence-electron chi connectivity index (χ3n) is 4.54. The Balaban J connectivity index is 1.86. The van der Waals surface area contributed by atoms with Gasteiger partial charge in [0.25, 0.3) is 0 Å². The van der Waals surface area contributed by atoms with Crippen molar-refractivity contribution in [1.29, 1.82) is 0 Å². The molecule has 1 saturated heterocycles. The largest absolute Gasteiger partial charge is 0.350 e. The SMILES string of the molecule is C[C@H](NC(=O)[C@H]1CC(=O)N(C2CCCC2)C1)C(=O)NC(C)(C)C. The summed E-state index contributed by atoms with van der Waals surface area (Å²) < 4.78 is 0. The summed E-state index contributed by atoms with van der Waals surface area (Å²) in [6.45, 7) is 7.85. The molecular formula is C17H29N3O3. The van der Waals surface area contributed by atoms with Crippen molar-refractivity contribution in [2.24, 2.45) is 5.92 Å². The second-order valence-corrected chi connectivity index (χ2v) is 7.85. The lowest BCUT2D eigenvalue weighted by atomic mass is 10.1. The molecule has 0 radical (unpaired) electrons. The third kappa shape index (κ3) is 4.69. The molecule has 1 heterocycles. The van der Waals surface area contributed by atoms with Crippen LogP contribution < -0.4 is 10.6 Å². The van der Waals surface area contributed by atoms with Crippen LogP contribution in [0, 0.1) is 5.92 Å². The first kappa shape index (κ1) is 17.8. The predicted octanol–water partition coefficient (Wildman–Crippen LogP) is 1.20. The zero-order chi connectivity index (χ0) is 17.2. The van der Waals surface area contributed by atoms with Crippen LogP contribution in [0.1, 0.15) is 59.8 Å². The standard InChI is InChI=1S/C17H29N3O3/c1-11(15(22)19-17(2,3)4)18-16(23)12-9-14(21)20(10-12)13-7-5-6-8-13/h11-13H,5-10H2,1-4H3,(H,18,23)(H,19,22)/t11-,12-/m0/s1. The highest BCUT2D eigenvalue weighted by Gasteiger charge is 2.39. The topological polar surface area (TPSA) is 78.5 Å². The van der Waals surface area contributed by atoms with Gasteiger partial charge in [-0.25, -0.2) is 0 Å². The lowest BCUT2D eigenvalue weighted by molar-refractivity contribution is -0.131. The van der Waals surface area contributed by atoms with Gasteiger partial charge in [0.05, 0.1) is 5.92 Å². The molecule has 1 aliphatic carbocycles. The molecule has 6 heteroatoms. The lowest BCUT2D eigenvalue weighted by Crippen LogP contribution is -2.52. The Morgan fingerprint density at radius 1 is 1.22 bits per heavy atom. The van der Waals surface area contributed by atoms with Crippen molar-refractivity contribution in [3.63, 3.8) is 0 Å². The van der Waals surface area contributed by atoms with Crippen LogP contribution >= 0.6 is 0 Å². The first-order valence-electron chi connectivity index (χ1n) is 8.59. The van der Waals surface area contributed by atoms with Gasteiger partial charge in [0.1, 0.15) is 6.04 Å².